The summed E-state index contributed by atoms with van der Waals surface area (Å²) in [5, 5.41) is 16.4. The first kappa shape index (κ1) is 25.7. The predicted octanol–water partition coefficient (Wildman–Crippen LogP) is 2.07. The number of nitro benzene ring substituents is 1. The molecule has 2 aromatic rings. The van der Waals surface area contributed by atoms with Gasteiger partial charge in [0.05, 0.1) is 28.1 Å². The number of amides is 2. The van der Waals surface area contributed by atoms with Gasteiger partial charge in [-0.3, -0.25) is 24.0 Å². The van der Waals surface area contributed by atoms with E-state index >= 15 is 0 Å². The standard InChI is InChI=1S/C21H26N4O7S/c1-15-9-10-16(25(28)29)13-19(15)24(33(3,30)31)14-20(26)23-18-8-5-4-7-17(18)21(27)22-11-6-12-32-2/h4-5,7-10,13H,6,11-12,14H2,1-3H3,(H,22,27)(H,23,26). The van der Waals surface area contributed by atoms with E-state index in [1.807, 2.05) is 0 Å². The van der Waals surface area contributed by atoms with Gasteiger partial charge in [0, 0.05) is 32.4 Å². The molecule has 0 radical (unpaired) electrons. The van der Waals surface area contributed by atoms with Gasteiger partial charge in [-0.05, 0) is 31.0 Å². The van der Waals surface area contributed by atoms with E-state index in [0.29, 0.717) is 25.1 Å². The van der Waals surface area contributed by atoms with Crippen molar-refractivity contribution in [2.75, 3.05) is 42.7 Å². The van der Waals surface area contributed by atoms with E-state index in [4.69, 9.17) is 4.74 Å². The average molecular weight is 479 g/mol. The topological polar surface area (TPSA) is 148 Å². The minimum Gasteiger partial charge on any atom is -0.385 e. The lowest BCUT2D eigenvalue weighted by atomic mass is 10.1. The number of aryl methyl sites for hydroxylation is 1. The van der Waals surface area contributed by atoms with Gasteiger partial charge in [0.25, 0.3) is 11.6 Å². The van der Waals surface area contributed by atoms with E-state index in [9.17, 15) is 28.1 Å². The van der Waals surface area contributed by atoms with Crippen LogP contribution in [0.1, 0.15) is 22.3 Å². The fraction of sp³-hybridized carbons (Fsp3) is 0.333. The molecule has 0 atom stereocenters. The Kier molecular flexibility index (Phi) is 8.88. The summed E-state index contributed by atoms with van der Waals surface area (Å²) in [6, 6.07) is 10.1. The van der Waals surface area contributed by atoms with Crippen LogP contribution in [0.5, 0.6) is 0 Å². The third-order valence-corrected chi connectivity index (χ3v) is 5.74. The van der Waals surface area contributed by atoms with Crippen LogP contribution in [0.25, 0.3) is 0 Å². The van der Waals surface area contributed by atoms with E-state index < -0.39 is 33.3 Å². The smallest absolute Gasteiger partial charge is 0.271 e. The Morgan fingerprint density at radius 1 is 1.18 bits per heavy atom. The normalized spacial score (nSPS) is 11.0. The summed E-state index contributed by atoms with van der Waals surface area (Å²) in [6.45, 7) is 1.81. The number of ether oxygens (including phenoxy) is 1. The molecule has 0 aliphatic carbocycles. The third-order valence-electron chi connectivity index (χ3n) is 4.62. The molecule has 2 amide bonds. The van der Waals surface area contributed by atoms with Crippen LogP contribution < -0.4 is 14.9 Å². The Morgan fingerprint density at radius 2 is 1.88 bits per heavy atom. The minimum atomic E-state index is -3.96. The van der Waals surface area contributed by atoms with Crippen molar-refractivity contribution in [1.29, 1.82) is 0 Å². The molecule has 0 unspecified atom stereocenters. The summed E-state index contributed by atoms with van der Waals surface area (Å²) >= 11 is 0. The molecule has 0 fully saturated rings. The van der Waals surface area contributed by atoms with Gasteiger partial charge in [-0.2, -0.15) is 0 Å². The van der Waals surface area contributed by atoms with Crippen molar-refractivity contribution in [1.82, 2.24) is 5.32 Å². The number of hydrogen-bond acceptors (Lipinski definition) is 7. The molecule has 0 aliphatic heterocycles. The average Bonchev–Trinajstić information content (AvgIpc) is 2.75. The van der Waals surface area contributed by atoms with Gasteiger partial charge in [-0.25, -0.2) is 8.42 Å². The van der Waals surface area contributed by atoms with Crippen LogP contribution in [0, 0.1) is 17.0 Å². The number of rotatable bonds is 11. The van der Waals surface area contributed by atoms with Gasteiger partial charge >= 0.3 is 0 Å². The lowest BCUT2D eigenvalue weighted by Gasteiger charge is -2.23. The first-order chi connectivity index (χ1) is 15.5. The number of methoxy groups -OCH3 is 1. The Labute approximate surface area is 191 Å². The molecule has 33 heavy (non-hydrogen) atoms. The SMILES string of the molecule is COCCCNC(=O)c1ccccc1NC(=O)CN(c1cc([N+](=O)[O-])ccc1C)S(C)(=O)=O. The lowest BCUT2D eigenvalue weighted by Crippen LogP contribution is -2.38. The Bertz CT molecular complexity index is 1140. The third kappa shape index (κ3) is 7.26. The van der Waals surface area contributed by atoms with Crippen LogP contribution in [0.15, 0.2) is 42.5 Å². The van der Waals surface area contributed by atoms with E-state index in [0.717, 1.165) is 16.6 Å². The summed E-state index contributed by atoms with van der Waals surface area (Å²) in [5.74, 6) is -1.12. The molecule has 11 nitrogen and oxygen atoms in total. The largest absolute Gasteiger partial charge is 0.385 e. The van der Waals surface area contributed by atoms with Crippen LogP contribution >= 0.6 is 0 Å². The maximum Gasteiger partial charge on any atom is 0.271 e. The zero-order chi connectivity index (χ0) is 24.6. The Morgan fingerprint density at radius 3 is 2.52 bits per heavy atom. The number of anilines is 2. The zero-order valence-corrected chi connectivity index (χ0v) is 19.3. The summed E-state index contributed by atoms with van der Waals surface area (Å²) in [7, 11) is -2.40. The number of carbonyl (C=O) groups is 2. The Balaban J connectivity index is 2.24. The van der Waals surface area contributed by atoms with E-state index in [1.165, 1.54) is 24.3 Å². The number of carbonyl (C=O) groups excluding carboxylic acids is 2. The van der Waals surface area contributed by atoms with Crippen molar-refractivity contribution >= 4 is 38.9 Å². The highest BCUT2D eigenvalue weighted by atomic mass is 32.2. The first-order valence-corrected chi connectivity index (χ1v) is 11.8. The lowest BCUT2D eigenvalue weighted by molar-refractivity contribution is -0.384. The van der Waals surface area contributed by atoms with E-state index in [-0.39, 0.29) is 22.6 Å². The van der Waals surface area contributed by atoms with Gasteiger partial charge in [0.2, 0.25) is 15.9 Å². The molecule has 0 bridgehead atoms. The van der Waals surface area contributed by atoms with Crippen molar-refractivity contribution in [3.63, 3.8) is 0 Å². The van der Waals surface area contributed by atoms with Gasteiger partial charge in [0.1, 0.15) is 6.54 Å². The molecule has 2 aromatic carbocycles. The van der Waals surface area contributed by atoms with Crippen molar-refractivity contribution in [2.45, 2.75) is 13.3 Å². The number of nitro groups is 1. The maximum absolute atomic E-state index is 12.7. The quantitative estimate of drug-likeness (QED) is 0.285. The molecule has 0 spiro atoms. The monoisotopic (exact) mass is 478 g/mol. The number of sulfonamides is 1. The molecule has 0 saturated carbocycles. The molecule has 12 heteroatoms. The highest BCUT2D eigenvalue weighted by Gasteiger charge is 2.25. The van der Waals surface area contributed by atoms with Crippen LogP contribution in [0.4, 0.5) is 17.1 Å². The summed E-state index contributed by atoms with van der Waals surface area (Å²) in [5.41, 5.74) is 0.567. The molecule has 0 aliphatic rings. The van der Waals surface area contributed by atoms with Crippen molar-refractivity contribution in [2.24, 2.45) is 0 Å². The number of hydrogen-bond donors (Lipinski definition) is 2. The van der Waals surface area contributed by atoms with Gasteiger partial charge in [-0.1, -0.05) is 18.2 Å². The Hall–Kier alpha value is -3.51. The second-order valence-corrected chi connectivity index (χ2v) is 9.10. The van der Waals surface area contributed by atoms with Crippen molar-refractivity contribution in [3.8, 4) is 0 Å². The zero-order valence-electron chi connectivity index (χ0n) is 18.5. The van der Waals surface area contributed by atoms with E-state index in [1.54, 1.807) is 26.2 Å². The molecule has 2 rings (SSSR count). The van der Waals surface area contributed by atoms with Crippen molar-refractivity contribution in [3.05, 3.63) is 63.7 Å². The second-order valence-electron chi connectivity index (χ2n) is 7.19. The number of benzene rings is 2. The molecular formula is C21H26N4O7S. The summed E-state index contributed by atoms with van der Waals surface area (Å²) < 4.78 is 30.5. The number of non-ortho nitro benzene ring substituents is 1. The molecular weight excluding hydrogens is 452 g/mol. The van der Waals surface area contributed by atoms with Gasteiger partial charge < -0.3 is 15.4 Å². The van der Waals surface area contributed by atoms with Crippen LogP contribution in [0.3, 0.4) is 0 Å². The first-order valence-electron chi connectivity index (χ1n) is 9.93. The molecule has 0 saturated heterocycles. The number of para-hydroxylation sites is 1. The highest BCUT2D eigenvalue weighted by Crippen LogP contribution is 2.27. The maximum atomic E-state index is 12.7. The summed E-state index contributed by atoms with van der Waals surface area (Å²) in [6.07, 6.45) is 1.52. The van der Waals surface area contributed by atoms with Gasteiger partial charge in [0.15, 0.2) is 0 Å². The predicted molar refractivity (Wildman–Crippen MR) is 124 cm³/mol. The van der Waals surface area contributed by atoms with E-state index in [2.05, 4.69) is 10.6 Å². The number of nitrogens with one attached hydrogen (secondary N) is 2. The highest BCUT2D eigenvalue weighted by molar-refractivity contribution is 7.92. The van der Waals surface area contributed by atoms with Crippen LogP contribution in [-0.4, -0.2) is 58.2 Å². The molecule has 178 valence electrons. The van der Waals surface area contributed by atoms with Crippen molar-refractivity contribution < 1.29 is 27.7 Å². The molecule has 0 aromatic heterocycles. The minimum absolute atomic E-state index is 0.0195. The summed E-state index contributed by atoms with van der Waals surface area (Å²) in [4.78, 5) is 35.7. The van der Waals surface area contributed by atoms with Crippen LogP contribution in [0.2, 0.25) is 0 Å². The fourth-order valence-electron chi connectivity index (χ4n) is 2.99. The molecule has 0 heterocycles. The second kappa shape index (κ2) is 11.4. The van der Waals surface area contributed by atoms with Crippen LogP contribution in [-0.2, 0) is 19.6 Å². The van der Waals surface area contributed by atoms with Gasteiger partial charge in [-0.15, -0.1) is 0 Å². The fourth-order valence-corrected chi connectivity index (χ4v) is 3.89. The molecule has 2 N–H and O–H groups in total. The number of nitrogens with zero attached hydrogens (tertiary/aromatic N) is 2.